The Kier molecular flexibility index (Phi) is 6.02. The fraction of sp³-hybridized carbons (Fsp3) is 0.500. The van der Waals surface area contributed by atoms with Gasteiger partial charge in [0.05, 0.1) is 12.8 Å². The summed E-state index contributed by atoms with van der Waals surface area (Å²) >= 11 is 0. The molecule has 2 rings (SSSR count). The van der Waals surface area contributed by atoms with Gasteiger partial charge in [-0.25, -0.2) is 8.42 Å². The van der Waals surface area contributed by atoms with Gasteiger partial charge in [0.25, 0.3) is 0 Å². The topological polar surface area (TPSA) is 114 Å². The van der Waals surface area contributed by atoms with E-state index in [0.29, 0.717) is 12.2 Å². The second-order valence-electron chi connectivity index (χ2n) is 6.25. The Morgan fingerprint density at radius 2 is 2.04 bits per heavy atom. The first-order chi connectivity index (χ1) is 11.7. The Bertz CT molecular complexity index is 789. The highest BCUT2D eigenvalue weighted by Crippen LogP contribution is 2.20. The van der Waals surface area contributed by atoms with Crippen LogP contribution in [-0.2, 0) is 21.4 Å². The number of amides is 1. The Balaban J connectivity index is 2.15. The third-order valence-electron chi connectivity index (χ3n) is 3.57. The number of hydrogen-bond acceptors (Lipinski definition) is 6. The summed E-state index contributed by atoms with van der Waals surface area (Å²) < 4.78 is 37.9. The first-order valence-electron chi connectivity index (χ1n) is 7.96. The van der Waals surface area contributed by atoms with Crippen LogP contribution < -0.4 is 10.0 Å². The van der Waals surface area contributed by atoms with E-state index in [2.05, 4.69) is 15.2 Å². The van der Waals surface area contributed by atoms with Crippen molar-refractivity contribution in [1.29, 1.82) is 0 Å². The first kappa shape index (κ1) is 19.2. The SMILES string of the molecule is Cc1noc(C)c1S(=O)(=O)N[C@H](CC(C)C)C(=O)NCc1ccco1. The molecule has 0 bridgehead atoms. The van der Waals surface area contributed by atoms with E-state index in [4.69, 9.17) is 8.94 Å². The van der Waals surface area contributed by atoms with Crippen LogP contribution in [0, 0.1) is 19.8 Å². The van der Waals surface area contributed by atoms with E-state index < -0.39 is 22.0 Å². The highest BCUT2D eigenvalue weighted by molar-refractivity contribution is 7.89. The molecule has 0 aliphatic carbocycles. The zero-order valence-corrected chi connectivity index (χ0v) is 15.5. The standard InChI is InChI=1S/C16H23N3O5S/c1-10(2)8-14(16(20)17-9-13-6-5-7-23-13)19-25(21,22)15-11(3)18-24-12(15)4/h5-7,10,14,19H,8-9H2,1-4H3,(H,17,20)/t14-/m1/s1. The van der Waals surface area contributed by atoms with E-state index >= 15 is 0 Å². The highest BCUT2D eigenvalue weighted by Gasteiger charge is 2.30. The van der Waals surface area contributed by atoms with Gasteiger partial charge < -0.3 is 14.3 Å². The lowest BCUT2D eigenvalue weighted by Gasteiger charge is -2.19. The minimum absolute atomic E-state index is 0.0277. The van der Waals surface area contributed by atoms with Crippen LogP contribution in [0.3, 0.4) is 0 Å². The number of aromatic nitrogens is 1. The van der Waals surface area contributed by atoms with Gasteiger partial charge in [-0.1, -0.05) is 19.0 Å². The second-order valence-corrected chi connectivity index (χ2v) is 7.90. The Labute approximate surface area is 147 Å². The summed E-state index contributed by atoms with van der Waals surface area (Å²) in [6, 6.07) is 2.53. The van der Waals surface area contributed by atoms with E-state index in [1.807, 2.05) is 13.8 Å². The summed E-state index contributed by atoms with van der Waals surface area (Å²) in [4.78, 5) is 12.4. The number of sulfonamides is 1. The summed E-state index contributed by atoms with van der Waals surface area (Å²) in [5.74, 6) is 0.474. The van der Waals surface area contributed by atoms with Crippen molar-refractivity contribution in [2.75, 3.05) is 0 Å². The predicted molar refractivity (Wildman–Crippen MR) is 90.1 cm³/mol. The number of rotatable bonds is 8. The molecule has 0 unspecified atom stereocenters. The van der Waals surface area contributed by atoms with Gasteiger partial charge in [0.15, 0.2) is 5.76 Å². The van der Waals surface area contributed by atoms with Gasteiger partial charge in [0.1, 0.15) is 22.4 Å². The molecule has 0 saturated heterocycles. The molecule has 0 aliphatic heterocycles. The molecule has 2 aromatic heterocycles. The van der Waals surface area contributed by atoms with E-state index in [1.165, 1.54) is 13.2 Å². The van der Waals surface area contributed by atoms with Crippen molar-refractivity contribution >= 4 is 15.9 Å². The molecule has 138 valence electrons. The minimum Gasteiger partial charge on any atom is -0.467 e. The fourth-order valence-electron chi connectivity index (χ4n) is 2.50. The highest BCUT2D eigenvalue weighted by atomic mass is 32.2. The summed E-state index contributed by atoms with van der Waals surface area (Å²) in [5, 5.41) is 6.35. The maximum atomic E-state index is 12.7. The zero-order chi connectivity index (χ0) is 18.6. The van der Waals surface area contributed by atoms with Gasteiger partial charge in [-0.2, -0.15) is 4.72 Å². The van der Waals surface area contributed by atoms with Crippen molar-refractivity contribution in [3.05, 3.63) is 35.6 Å². The molecular formula is C16H23N3O5S. The largest absolute Gasteiger partial charge is 0.467 e. The molecule has 2 N–H and O–H groups in total. The van der Waals surface area contributed by atoms with Crippen molar-refractivity contribution < 1.29 is 22.2 Å². The summed E-state index contributed by atoms with van der Waals surface area (Å²) in [7, 11) is -3.93. The van der Waals surface area contributed by atoms with Gasteiger partial charge in [-0.15, -0.1) is 0 Å². The summed E-state index contributed by atoms with van der Waals surface area (Å²) in [6.07, 6.45) is 1.86. The van der Waals surface area contributed by atoms with Crippen LogP contribution in [0.4, 0.5) is 0 Å². The fourth-order valence-corrected chi connectivity index (χ4v) is 4.03. The molecule has 0 radical (unpaired) electrons. The smallest absolute Gasteiger partial charge is 0.246 e. The van der Waals surface area contributed by atoms with Gasteiger partial charge in [0.2, 0.25) is 15.9 Å². The maximum absolute atomic E-state index is 12.7. The van der Waals surface area contributed by atoms with E-state index in [0.717, 1.165) is 0 Å². The zero-order valence-electron chi connectivity index (χ0n) is 14.7. The number of carbonyl (C=O) groups is 1. The van der Waals surface area contributed by atoms with Gasteiger partial charge in [-0.05, 0) is 38.3 Å². The van der Waals surface area contributed by atoms with Crippen molar-refractivity contribution in [2.45, 2.75) is 51.6 Å². The predicted octanol–water partition coefficient (Wildman–Crippen LogP) is 1.89. The molecule has 25 heavy (non-hydrogen) atoms. The van der Waals surface area contributed by atoms with Crippen LogP contribution in [-0.4, -0.2) is 25.5 Å². The van der Waals surface area contributed by atoms with E-state index in [-0.39, 0.29) is 28.8 Å². The molecule has 1 atom stereocenters. The molecule has 1 amide bonds. The van der Waals surface area contributed by atoms with Gasteiger partial charge >= 0.3 is 0 Å². The first-order valence-corrected chi connectivity index (χ1v) is 9.44. The van der Waals surface area contributed by atoms with Crippen LogP contribution >= 0.6 is 0 Å². The number of nitrogens with one attached hydrogen (secondary N) is 2. The van der Waals surface area contributed by atoms with Crippen molar-refractivity contribution in [3.63, 3.8) is 0 Å². The van der Waals surface area contributed by atoms with Crippen LogP contribution in [0.25, 0.3) is 0 Å². The van der Waals surface area contributed by atoms with Crippen LogP contribution in [0.5, 0.6) is 0 Å². The quantitative estimate of drug-likeness (QED) is 0.734. The number of nitrogens with zero attached hydrogens (tertiary/aromatic N) is 1. The van der Waals surface area contributed by atoms with Gasteiger partial charge in [-0.3, -0.25) is 4.79 Å². The van der Waals surface area contributed by atoms with Crippen LogP contribution in [0.2, 0.25) is 0 Å². The second kappa shape index (κ2) is 7.83. The average Bonchev–Trinajstić information content (AvgIpc) is 3.13. The third kappa shape index (κ3) is 4.93. The number of carbonyl (C=O) groups excluding carboxylic acids is 1. The normalized spacial score (nSPS) is 13.2. The maximum Gasteiger partial charge on any atom is 0.246 e. The number of hydrogen-bond donors (Lipinski definition) is 2. The summed E-state index contributed by atoms with van der Waals surface area (Å²) in [5.41, 5.74) is 0.254. The molecule has 9 heteroatoms. The van der Waals surface area contributed by atoms with Crippen LogP contribution in [0.15, 0.2) is 32.2 Å². The number of furan rings is 1. The lowest BCUT2D eigenvalue weighted by molar-refractivity contribution is -0.123. The molecule has 0 fully saturated rings. The Hall–Kier alpha value is -2.13. The molecule has 2 aromatic rings. The Morgan fingerprint density at radius 3 is 2.56 bits per heavy atom. The van der Waals surface area contributed by atoms with E-state index in [9.17, 15) is 13.2 Å². The number of aryl methyl sites for hydroxylation is 2. The minimum atomic E-state index is -3.93. The summed E-state index contributed by atoms with van der Waals surface area (Å²) in [6.45, 7) is 7.07. The average molecular weight is 369 g/mol. The molecule has 0 saturated carbocycles. The molecule has 2 heterocycles. The van der Waals surface area contributed by atoms with Gasteiger partial charge in [0, 0.05) is 0 Å². The lowest BCUT2D eigenvalue weighted by Crippen LogP contribution is -2.47. The van der Waals surface area contributed by atoms with Crippen molar-refractivity contribution in [2.24, 2.45) is 5.92 Å². The monoisotopic (exact) mass is 369 g/mol. The molecular weight excluding hydrogens is 346 g/mol. The van der Waals surface area contributed by atoms with Crippen LogP contribution in [0.1, 0.15) is 37.5 Å². The van der Waals surface area contributed by atoms with Crippen molar-refractivity contribution in [3.8, 4) is 0 Å². The molecule has 0 spiro atoms. The molecule has 8 nitrogen and oxygen atoms in total. The molecule has 0 aromatic carbocycles. The third-order valence-corrected chi connectivity index (χ3v) is 5.29. The van der Waals surface area contributed by atoms with E-state index in [1.54, 1.807) is 19.1 Å². The Morgan fingerprint density at radius 1 is 1.32 bits per heavy atom. The van der Waals surface area contributed by atoms with Crippen molar-refractivity contribution in [1.82, 2.24) is 15.2 Å². The lowest BCUT2D eigenvalue weighted by atomic mass is 10.0. The molecule has 0 aliphatic rings.